The Morgan fingerprint density at radius 3 is 2.67 bits per heavy atom. The van der Waals surface area contributed by atoms with Crippen molar-refractivity contribution in [3.63, 3.8) is 0 Å². The molecule has 0 aliphatic carbocycles. The molecular formula is C15H14BrNO4. The Kier molecular flexibility index (Phi) is 4.80. The number of rotatable bonds is 5. The van der Waals surface area contributed by atoms with Crippen LogP contribution in [0, 0.1) is 17.0 Å². The minimum absolute atomic E-state index is 0.102. The Hall–Kier alpha value is -2.08. The standard InChI is InChI=1S/C15H14BrNO4/c1-10-11(4-3-5-14(10)17(18)19)9-21-15-7-6-12(20-2)8-13(15)16/h3-8H,9H2,1-2H3. The van der Waals surface area contributed by atoms with E-state index >= 15 is 0 Å². The zero-order chi connectivity index (χ0) is 15.4. The van der Waals surface area contributed by atoms with E-state index in [2.05, 4.69) is 15.9 Å². The molecule has 0 spiro atoms. The molecule has 2 rings (SSSR count). The molecule has 6 heteroatoms. The lowest BCUT2D eigenvalue weighted by molar-refractivity contribution is -0.385. The van der Waals surface area contributed by atoms with Crippen molar-refractivity contribution in [1.29, 1.82) is 0 Å². The highest BCUT2D eigenvalue weighted by Crippen LogP contribution is 2.30. The molecule has 2 aromatic rings. The first-order valence-corrected chi connectivity index (χ1v) is 7.01. The monoisotopic (exact) mass is 351 g/mol. The second-order valence-corrected chi connectivity index (χ2v) is 5.26. The maximum absolute atomic E-state index is 10.9. The number of hydrogen-bond donors (Lipinski definition) is 0. The first-order chi connectivity index (χ1) is 10.0. The number of nitrogens with zero attached hydrogens (tertiary/aromatic N) is 1. The highest BCUT2D eigenvalue weighted by Gasteiger charge is 2.13. The molecule has 5 nitrogen and oxygen atoms in total. The zero-order valence-electron chi connectivity index (χ0n) is 11.6. The molecule has 0 aliphatic rings. The van der Waals surface area contributed by atoms with Gasteiger partial charge in [0.15, 0.2) is 0 Å². The van der Waals surface area contributed by atoms with Gasteiger partial charge >= 0.3 is 0 Å². The molecule has 0 amide bonds. The molecule has 0 atom stereocenters. The lowest BCUT2D eigenvalue weighted by Crippen LogP contribution is -2.01. The normalized spacial score (nSPS) is 10.2. The number of halogens is 1. The summed E-state index contributed by atoms with van der Waals surface area (Å²) in [5.41, 5.74) is 1.50. The van der Waals surface area contributed by atoms with Gasteiger partial charge in [-0.25, -0.2) is 0 Å². The van der Waals surface area contributed by atoms with Crippen molar-refractivity contribution in [2.24, 2.45) is 0 Å². The zero-order valence-corrected chi connectivity index (χ0v) is 13.2. The van der Waals surface area contributed by atoms with Gasteiger partial charge in [0.1, 0.15) is 18.1 Å². The average Bonchev–Trinajstić information content (AvgIpc) is 2.46. The first-order valence-electron chi connectivity index (χ1n) is 6.22. The van der Waals surface area contributed by atoms with Crippen LogP contribution < -0.4 is 9.47 Å². The van der Waals surface area contributed by atoms with E-state index in [-0.39, 0.29) is 17.2 Å². The van der Waals surface area contributed by atoms with Crippen LogP contribution in [0.1, 0.15) is 11.1 Å². The number of nitro benzene ring substituents is 1. The maximum atomic E-state index is 10.9. The van der Waals surface area contributed by atoms with E-state index in [9.17, 15) is 10.1 Å². The molecule has 21 heavy (non-hydrogen) atoms. The van der Waals surface area contributed by atoms with Gasteiger partial charge < -0.3 is 9.47 Å². The molecule has 0 N–H and O–H groups in total. The molecule has 0 heterocycles. The van der Waals surface area contributed by atoms with E-state index in [0.29, 0.717) is 11.3 Å². The van der Waals surface area contributed by atoms with E-state index in [0.717, 1.165) is 15.8 Å². The lowest BCUT2D eigenvalue weighted by atomic mass is 10.1. The van der Waals surface area contributed by atoms with Gasteiger partial charge in [0.25, 0.3) is 5.69 Å². The molecule has 0 aromatic heterocycles. The summed E-state index contributed by atoms with van der Waals surface area (Å²) in [5, 5.41) is 10.9. The van der Waals surface area contributed by atoms with Crippen molar-refractivity contribution in [2.75, 3.05) is 7.11 Å². The van der Waals surface area contributed by atoms with Crippen LogP contribution >= 0.6 is 15.9 Å². The molecular weight excluding hydrogens is 338 g/mol. The third-order valence-electron chi connectivity index (χ3n) is 3.14. The van der Waals surface area contributed by atoms with Gasteiger partial charge in [0.2, 0.25) is 0 Å². The SMILES string of the molecule is COc1ccc(OCc2cccc([N+](=O)[O-])c2C)c(Br)c1. The largest absolute Gasteiger partial charge is 0.497 e. The van der Waals surface area contributed by atoms with Gasteiger partial charge in [0.05, 0.1) is 16.5 Å². The molecule has 0 saturated heterocycles. The second kappa shape index (κ2) is 6.58. The Labute approximate surface area is 130 Å². The molecule has 110 valence electrons. The maximum Gasteiger partial charge on any atom is 0.272 e. The molecule has 0 radical (unpaired) electrons. The van der Waals surface area contributed by atoms with Crippen molar-refractivity contribution in [2.45, 2.75) is 13.5 Å². The number of hydrogen-bond acceptors (Lipinski definition) is 4. The predicted molar refractivity (Wildman–Crippen MR) is 82.9 cm³/mol. The Morgan fingerprint density at radius 1 is 1.29 bits per heavy atom. The smallest absolute Gasteiger partial charge is 0.272 e. The Morgan fingerprint density at radius 2 is 2.05 bits per heavy atom. The van der Waals surface area contributed by atoms with Crippen molar-refractivity contribution in [3.8, 4) is 11.5 Å². The van der Waals surface area contributed by atoms with Gasteiger partial charge in [-0.15, -0.1) is 0 Å². The number of benzene rings is 2. The number of methoxy groups -OCH3 is 1. The molecule has 0 aliphatic heterocycles. The van der Waals surface area contributed by atoms with Crippen molar-refractivity contribution in [3.05, 3.63) is 62.1 Å². The van der Waals surface area contributed by atoms with Crippen LogP contribution in [0.2, 0.25) is 0 Å². The molecule has 0 fully saturated rings. The Bertz CT molecular complexity index is 673. The average molecular weight is 352 g/mol. The van der Waals surface area contributed by atoms with Crippen molar-refractivity contribution in [1.82, 2.24) is 0 Å². The van der Waals surface area contributed by atoms with Crippen LogP contribution in [0.3, 0.4) is 0 Å². The molecule has 2 aromatic carbocycles. The van der Waals surface area contributed by atoms with Gasteiger partial charge in [-0.3, -0.25) is 10.1 Å². The van der Waals surface area contributed by atoms with Gasteiger partial charge in [-0.05, 0) is 46.6 Å². The van der Waals surface area contributed by atoms with Crippen LogP contribution in [0.5, 0.6) is 11.5 Å². The van der Waals surface area contributed by atoms with Gasteiger partial charge in [-0.2, -0.15) is 0 Å². The van der Waals surface area contributed by atoms with E-state index in [4.69, 9.17) is 9.47 Å². The Balaban J connectivity index is 2.17. The van der Waals surface area contributed by atoms with Crippen LogP contribution in [-0.2, 0) is 6.61 Å². The summed E-state index contributed by atoms with van der Waals surface area (Å²) in [4.78, 5) is 10.5. The quantitative estimate of drug-likeness (QED) is 0.596. The number of ether oxygens (including phenoxy) is 2. The third kappa shape index (κ3) is 3.52. The van der Waals surface area contributed by atoms with Gasteiger partial charge in [0, 0.05) is 11.6 Å². The van der Waals surface area contributed by atoms with E-state index in [1.165, 1.54) is 6.07 Å². The molecule has 0 bridgehead atoms. The fourth-order valence-electron chi connectivity index (χ4n) is 1.91. The number of nitro groups is 1. The van der Waals surface area contributed by atoms with E-state index < -0.39 is 0 Å². The topological polar surface area (TPSA) is 61.6 Å². The summed E-state index contributed by atoms with van der Waals surface area (Å²) in [7, 11) is 1.59. The van der Waals surface area contributed by atoms with E-state index in [1.54, 1.807) is 38.3 Å². The summed E-state index contributed by atoms with van der Waals surface area (Å²) < 4.78 is 11.6. The predicted octanol–water partition coefficient (Wildman–Crippen LogP) is 4.25. The fraction of sp³-hybridized carbons (Fsp3) is 0.200. The molecule has 0 unspecified atom stereocenters. The summed E-state index contributed by atoms with van der Waals surface area (Å²) >= 11 is 3.40. The van der Waals surface area contributed by atoms with Gasteiger partial charge in [-0.1, -0.05) is 12.1 Å². The van der Waals surface area contributed by atoms with Crippen LogP contribution in [0.15, 0.2) is 40.9 Å². The summed E-state index contributed by atoms with van der Waals surface area (Å²) in [6.45, 7) is 1.98. The third-order valence-corrected chi connectivity index (χ3v) is 3.76. The lowest BCUT2D eigenvalue weighted by Gasteiger charge is -2.11. The summed E-state index contributed by atoms with van der Waals surface area (Å²) in [6.07, 6.45) is 0. The summed E-state index contributed by atoms with van der Waals surface area (Å²) in [6, 6.07) is 10.3. The highest BCUT2D eigenvalue weighted by atomic mass is 79.9. The van der Waals surface area contributed by atoms with Crippen LogP contribution in [0.25, 0.3) is 0 Å². The minimum atomic E-state index is -0.387. The highest BCUT2D eigenvalue weighted by molar-refractivity contribution is 9.10. The second-order valence-electron chi connectivity index (χ2n) is 4.40. The van der Waals surface area contributed by atoms with E-state index in [1.807, 2.05) is 6.07 Å². The van der Waals surface area contributed by atoms with Crippen molar-refractivity contribution < 1.29 is 14.4 Å². The van der Waals surface area contributed by atoms with Crippen molar-refractivity contribution >= 4 is 21.6 Å². The minimum Gasteiger partial charge on any atom is -0.497 e. The summed E-state index contributed by atoms with van der Waals surface area (Å²) in [5.74, 6) is 1.38. The molecule has 0 saturated carbocycles. The van der Waals surface area contributed by atoms with Crippen LogP contribution in [-0.4, -0.2) is 12.0 Å². The first kappa shape index (κ1) is 15.3. The fourth-order valence-corrected chi connectivity index (χ4v) is 2.38. The van der Waals surface area contributed by atoms with Crippen LogP contribution in [0.4, 0.5) is 5.69 Å².